The molecule has 28 heavy (non-hydrogen) atoms. The number of anilines is 1. The van der Waals surface area contributed by atoms with Gasteiger partial charge in [0.2, 0.25) is 5.91 Å². The number of nitrogens with one attached hydrogen (secondary N) is 1. The minimum atomic E-state index is -0.400. The molecule has 144 valence electrons. The van der Waals surface area contributed by atoms with E-state index >= 15 is 0 Å². The van der Waals surface area contributed by atoms with Crippen molar-refractivity contribution >= 4 is 17.7 Å². The van der Waals surface area contributed by atoms with Gasteiger partial charge in [0, 0.05) is 43.5 Å². The average Bonchev–Trinajstić information content (AvgIpc) is 3.18. The molecule has 0 atom stereocenters. The number of aryl methyl sites for hydroxylation is 3. The summed E-state index contributed by atoms with van der Waals surface area (Å²) in [6, 6.07) is 14.7. The van der Waals surface area contributed by atoms with Gasteiger partial charge < -0.3 is 10.1 Å². The van der Waals surface area contributed by atoms with Gasteiger partial charge >= 0.3 is 5.97 Å². The number of aromatic nitrogens is 3. The van der Waals surface area contributed by atoms with Crippen molar-refractivity contribution in [3.63, 3.8) is 0 Å². The summed E-state index contributed by atoms with van der Waals surface area (Å²) in [5.74, 6) is -0.0513. The molecule has 1 aromatic carbocycles. The molecule has 3 aromatic rings. The van der Waals surface area contributed by atoms with Crippen molar-refractivity contribution < 1.29 is 14.3 Å². The Morgan fingerprint density at radius 3 is 2.68 bits per heavy atom. The van der Waals surface area contributed by atoms with Crippen LogP contribution < -0.4 is 5.32 Å². The summed E-state index contributed by atoms with van der Waals surface area (Å²) in [5, 5.41) is 7.15. The molecule has 1 N–H and O–H groups in total. The molecular weight excluding hydrogens is 356 g/mol. The van der Waals surface area contributed by atoms with Gasteiger partial charge in [-0.25, -0.2) is 4.79 Å². The summed E-state index contributed by atoms with van der Waals surface area (Å²) in [5.41, 5.74) is 2.26. The predicted octanol–water partition coefficient (Wildman–Crippen LogP) is 2.88. The van der Waals surface area contributed by atoms with Gasteiger partial charge in [-0.2, -0.15) is 5.10 Å². The van der Waals surface area contributed by atoms with Gasteiger partial charge in [0.25, 0.3) is 0 Å². The van der Waals surface area contributed by atoms with Crippen molar-refractivity contribution in [2.75, 3.05) is 12.4 Å². The van der Waals surface area contributed by atoms with Crippen molar-refractivity contribution in [3.05, 3.63) is 77.7 Å². The molecule has 0 radical (unpaired) electrons. The number of carbonyl (C=O) groups excluding carboxylic acids is 2. The van der Waals surface area contributed by atoms with E-state index in [-0.39, 0.29) is 12.3 Å². The Morgan fingerprint density at radius 1 is 1.07 bits per heavy atom. The SMILES string of the molecule is COC(=O)c1ccccc1CCC(=O)Nc1ccn(CCc2ccccn2)n1. The van der Waals surface area contributed by atoms with E-state index < -0.39 is 5.97 Å². The summed E-state index contributed by atoms with van der Waals surface area (Å²) in [7, 11) is 1.34. The third-order valence-corrected chi connectivity index (χ3v) is 4.28. The second-order valence-corrected chi connectivity index (χ2v) is 6.23. The van der Waals surface area contributed by atoms with Crippen LogP contribution in [-0.4, -0.2) is 33.8 Å². The first-order chi connectivity index (χ1) is 13.7. The number of nitrogens with zero attached hydrogens (tertiary/aromatic N) is 3. The molecule has 2 aromatic heterocycles. The molecule has 0 fully saturated rings. The topological polar surface area (TPSA) is 86.1 Å². The average molecular weight is 378 g/mol. The van der Waals surface area contributed by atoms with Crippen LogP contribution in [0.4, 0.5) is 5.82 Å². The van der Waals surface area contributed by atoms with E-state index in [0.29, 0.717) is 24.3 Å². The number of esters is 1. The highest BCUT2D eigenvalue weighted by Crippen LogP contribution is 2.13. The van der Waals surface area contributed by atoms with E-state index in [9.17, 15) is 9.59 Å². The first-order valence-corrected chi connectivity index (χ1v) is 9.05. The fraction of sp³-hybridized carbons (Fsp3) is 0.238. The predicted molar refractivity (Wildman–Crippen MR) is 105 cm³/mol. The number of benzene rings is 1. The maximum atomic E-state index is 12.2. The van der Waals surface area contributed by atoms with Crippen LogP contribution in [0.3, 0.4) is 0 Å². The molecule has 0 saturated heterocycles. The van der Waals surface area contributed by atoms with Crippen molar-refractivity contribution in [1.82, 2.24) is 14.8 Å². The van der Waals surface area contributed by atoms with Crippen LogP contribution in [0.25, 0.3) is 0 Å². The number of amides is 1. The highest BCUT2D eigenvalue weighted by atomic mass is 16.5. The lowest BCUT2D eigenvalue weighted by Gasteiger charge is -2.07. The Hall–Kier alpha value is -3.48. The molecule has 7 nitrogen and oxygen atoms in total. The molecule has 0 aliphatic heterocycles. The Morgan fingerprint density at radius 2 is 1.89 bits per heavy atom. The van der Waals surface area contributed by atoms with E-state index in [1.165, 1.54) is 7.11 Å². The molecule has 0 saturated carbocycles. The minimum Gasteiger partial charge on any atom is -0.465 e. The standard InChI is InChI=1S/C21H22N4O3/c1-28-21(27)18-8-3-2-6-16(18)9-10-20(26)23-19-12-15-25(24-19)14-11-17-7-4-5-13-22-17/h2-8,12-13,15H,9-11,14H2,1H3,(H,23,24,26). The van der Waals surface area contributed by atoms with Crippen LogP contribution in [0.15, 0.2) is 60.9 Å². The number of carbonyl (C=O) groups is 2. The van der Waals surface area contributed by atoms with Gasteiger partial charge in [-0.3, -0.25) is 14.5 Å². The van der Waals surface area contributed by atoms with Crippen molar-refractivity contribution in [1.29, 1.82) is 0 Å². The summed E-state index contributed by atoms with van der Waals surface area (Å²) in [4.78, 5) is 28.3. The lowest BCUT2D eigenvalue weighted by Crippen LogP contribution is -2.14. The zero-order valence-electron chi connectivity index (χ0n) is 15.7. The Labute approximate surface area is 163 Å². The van der Waals surface area contributed by atoms with E-state index in [1.807, 2.05) is 36.5 Å². The van der Waals surface area contributed by atoms with Crippen LogP contribution in [0.2, 0.25) is 0 Å². The molecule has 0 aliphatic carbocycles. The molecule has 3 rings (SSSR count). The molecule has 1 amide bonds. The number of hydrogen-bond acceptors (Lipinski definition) is 5. The summed E-state index contributed by atoms with van der Waals surface area (Å²) in [6.07, 6.45) is 5.04. The molecule has 2 heterocycles. The highest BCUT2D eigenvalue weighted by Gasteiger charge is 2.12. The van der Waals surface area contributed by atoms with Gasteiger partial charge in [-0.1, -0.05) is 24.3 Å². The van der Waals surface area contributed by atoms with Crippen LogP contribution >= 0.6 is 0 Å². The molecule has 0 spiro atoms. The molecule has 0 aliphatic rings. The number of pyridine rings is 1. The highest BCUT2D eigenvalue weighted by molar-refractivity contribution is 5.92. The van der Waals surface area contributed by atoms with Gasteiger partial charge in [-0.15, -0.1) is 0 Å². The number of rotatable bonds is 8. The van der Waals surface area contributed by atoms with Crippen molar-refractivity contribution in [3.8, 4) is 0 Å². The zero-order chi connectivity index (χ0) is 19.8. The second kappa shape index (κ2) is 9.45. The van der Waals surface area contributed by atoms with E-state index in [2.05, 4.69) is 15.4 Å². The van der Waals surface area contributed by atoms with Crippen LogP contribution in [0.5, 0.6) is 0 Å². The quantitative estimate of drug-likeness (QED) is 0.609. The van der Waals surface area contributed by atoms with Crippen LogP contribution in [-0.2, 0) is 28.9 Å². The normalized spacial score (nSPS) is 10.5. The lowest BCUT2D eigenvalue weighted by atomic mass is 10.0. The van der Waals surface area contributed by atoms with E-state index in [1.54, 1.807) is 29.1 Å². The number of hydrogen-bond donors (Lipinski definition) is 1. The van der Waals surface area contributed by atoms with Gasteiger partial charge in [-0.05, 0) is 30.2 Å². The monoisotopic (exact) mass is 378 g/mol. The van der Waals surface area contributed by atoms with Gasteiger partial charge in [0.1, 0.15) is 0 Å². The van der Waals surface area contributed by atoms with Crippen molar-refractivity contribution in [2.24, 2.45) is 0 Å². The number of methoxy groups -OCH3 is 1. The maximum absolute atomic E-state index is 12.2. The lowest BCUT2D eigenvalue weighted by molar-refractivity contribution is -0.116. The second-order valence-electron chi connectivity index (χ2n) is 6.23. The van der Waals surface area contributed by atoms with E-state index in [0.717, 1.165) is 17.7 Å². The fourth-order valence-electron chi connectivity index (χ4n) is 2.83. The smallest absolute Gasteiger partial charge is 0.338 e. The fourth-order valence-corrected chi connectivity index (χ4v) is 2.83. The van der Waals surface area contributed by atoms with Crippen molar-refractivity contribution in [2.45, 2.75) is 25.8 Å². The Bertz CT molecular complexity index is 938. The summed E-state index contributed by atoms with van der Waals surface area (Å²) < 4.78 is 6.56. The maximum Gasteiger partial charge on any atom is 0.338 e. The van der Waals surface area contributed by atoms with Gasteiger partial charge in [0.15, 0.2) is 5.82 Å². The molecule has 0 bridgehead atoms. The summed E-state index contributed by atoms with van der Waals surface area (Å²) >= 11 is 0. The first-order valence-electron chi connectivity index (χ1n) is 9.05. The van der Waals surface area contributed by atoms with E-state index in [4.69, 9.17) is 4.74 Å². The minimum absolute atomic E-state index is 0.158. The van der Waals surface area contributed by atoms with Gasteiger partial charge in [0.05, 0.1) is 12.7 Å². The third-order valence-electron chi connectivity index (χ3n) is 4.28. The molecule has 0 unspecified atom stereocenters. The largest absolute Gasteiger partial charge is 0.465 e. The Kier molecular flexibility index (Phi) is 6.51. The van der Waals surface area contributed by atoms with Crippen LogP contribution in [0.1, 0.15) is 28.0 Å². The Balaban J connectivity index is 1.51. The number of ether oxygens (including phenoxy) is 1. The van der Waals surface area contributed by atoms with Crippen LogP contribution in [0, 0.1) is 0 Å². The molecule has 7 heteroatoms. The molecular formula is C21H22N4O3. The summed E-state index contributed by atoms with van der Waals surface area (Å²) in [6.45, 7) is 0.680. The first kappa shape index (κ1) is 19.3. The zero-order valence-corrected chi connectivity index (χ0v) is 15.7. The third kappa shape index (κ3) is 5.26.